The number of rotatable bonds is 4. The highest BCUT2D eigenvalue weighted by Gasteiger charge is 2.46. The number of methoxy groups -OCH3 is 1. The third-order valence-corrected chi connectivity index (χ3v) is 4.00. The van der Waals surface area contributed by atoms with Gasteiger partial charge in [-0.1, -0.05) is 12.1 Å². The van der Waals surface area contributed by atoms with Crippen molar-refractivity contribution in [3.8, 4) is 5.75 Å². The lowest BCUT2D eigenvalue weighted by Crippen LogP contribution is -2.16. The molecule has 1 aliphatic rings. The molecule has 1 atom stereocenters. The molecule has 1 unspecified atom stereocenters. The Morgan fingerprint density at radius 3 is 2.69 bits per heavy atom. The molecule has 0 radical (unpaired) electrons. The molecule has 1 aromatic rings. The summed E-state index contributed by atoms with van der Waals surface area (Å²) in [6.07, 6.45) is 2.89. The van der Waals surface area contributed by atoms with Crippen molar-refractivity contribution in [3.05, 3.63) is 29.6 Å². The zero-order valence-electron chi connectivity index (χ0n) is 9.59. The van der Waals surface area contributed by atoms with E-state index < -0.39 is 0 Å². The lowest BCUT2D eigenvalue weighted by Gasteiger charge is -2.18. The molecule has 0 spiro atoms. The summed E-state index contributed by atoms with van der Waals surface area (Å²) in [4.78, 5) is 0. The topological polar surface area (TPSA) is 9.23 Å². The number of alkyl halides is 1. The van der Waals surface area contributed by atoms with Gasteiger partial charge in [0.2, 0.25) is 0 Å². The second-order valence-corrected chi connectivity index (χ2v) is 5.24. The van der Waals surface area contributed by atoms with Crippen LogP contribution >= 0.6 is 11.6 Å². The second kappa shape index (κ2) is 4.25. The molecule has 0 aromatic heterocycles. The van der Waals surface area contributed by atoms with E-state index in [1.807, 2.05) is 19.1 Å². The van der Waals surface area contributed by atoms with Gasteiger partial charge in [0.15, 0.2) is 11.6 Å². The minimum absolute atomic E-state index is 0.0955. The summed E-state index contributed by atoms with van der Waals surface area (Å²) < 4.78 is 18.9. The van der Waals surface area contributed by atoms with Gasteiger partial charge in [0, 0.05) is 5.38 Å². The monoisotopic (exact) mass is 242 g/mol. The molecule has 16 heavy (non-hydrogen) atoms. The second-order valence-electron chi connectivity index (χ2n) is 4.59. The molecule has 0 amide bonds. The van der Waals surface area contributed by atoms with Crippen LogP contribution in [0.1, 0.15) is 25.3 Å². The lowest BCUT2D eigenvalue weighted by atomic mass is 9.93. The summed E-state index contributed by atoms with van der Waals surface area (Å²) in [5.74, 6) is 0.0733. The summed E-state index contributed by atoms with van der Waals surface area (Å²) in [6, 6.07) is 5.28. The molecule has 1 aliphatic carbocycles. The smallest absolute Gasteiger partial charge is 0.168 e. The summed E-state index contributed by atoms with van der Waals surface area (Å²) in [5.41, 5.74) is 0.818. The zero-order chi connectivity index (χ0) is 11.8. The summed E-state index contributed by atoms with van der Waals surface area (Å²) in [7, 11) is 1.49. The summed E-state index contributed by atoms with van der Waals surface area (Å²) in [5, 5.41) is 0.0955. The van der Waals surface area contributed by atoms with Crippen molar-refractivity contribution in [1.82, 2.24) is 0 Å². The van der Waals surface area contributed by atoms with E-state index in [0.717, 1.165) is 12.8 Å². The lowest BCUT2D eigenvalue weighted by molar-refractivity contribution is 0.380. The maximum Gasteiger partial charge on any atom is 0.168 e. The van der Waals surface area contributed by atoms with Crippen molar-refractivity contribution in [3.63, 3.8) is 0 Å². The molecule has 2 rings (SSSR count). The van der Waals surface area contributed by atoms with E-state index in [-0.39, 0.29) is 16.6 Å². The third kappa shape index (κ3) is 2.03. The van der Waals surface area contributed by atoms with Crippen LogP contribution in [0.2, 0.25) is 0 Å². The van der Waals surface area contributed by atoms with Crippen LogP contribution < -0.4 is 4.74 Å². The number of hydrogen-bond acceptors (Lipinski definition) is 1. The van der Waals surface area contributed by atoms with Gasteiger partial charge in [-0.05, 0) is 43.2 Å². The Hall–Kier alpha value is -0.760. The molecule has 1 fully saturated rings. The molecular weight excluding hydrogens is 227 g/mol. The van der Waals surface area contributed by atoms with Crippen LogP contribution in [0.5, 0.6) is 5.75 Å². The Morgan fingerprint density at radius 1 is 1.50 bits per heavy atom. The highest BCUT2D eigenvalue weighted by molar-refractivity contribution is 6.21. The van der Waals surface area contributed by atoms with E-state index in [1.54, 1.807) is 6.07 Å². The molecule has 1 nitrogen and oxygen atoms in total. The minimum atomic E-state index is -0.242. The Kier molecular flexibility index (Phi) is 3.11. The summed E-state index contributed by atoms with van der Waals surface area (Å²) >= 11 is 6.15. The predicted molar refractivity (Wildman–Crippen MR) is 63.6 cm³/mol. The average Bonchev–Trinajstić information content (AvgIpc) is 3.02. The first kappa shape index (κ1) is 11.7. The van der Waals surface area contributed by atoms with E-state index in [9.17, 15) is 4.39 Å². The van der Waals surface area contributed by atoms with Crippen LogP contribution in [0.4, 0.5) is 4.39 Å². The zero-order valence-corrected chi connectivity index (χ0v) is 10.4. The Labute approximate surface area is 101 Å². The van der Waals surface area contributed by atoms with Gasteiger partial charge in [0.1, 0.15) is 0 Å². The number of halogens is 2. The molecule has 1 aromatic carbocycles. The quantitative estimate of drug-likeness (QED) is 0.730. The van der Waals surface area contributed by atoms with Crippen LogP contribution in [0.15, 0.2) is 18.2 Å². The molecule has 0 bridgehead atoms. The minimum Gasteiger partial charge on any atom is -0.494 e. The van der Waals surface area contributed by atoms with E-state index in [4.69, 9.17) is 16.3 Å². The van der Waals surface area contributed by atoms with Gasteiger partial charge in [-0.25, -0.2) is 4.39 Å². The van der Waals surface area contributed by atoms with Crippen molar-refractivity contribution in [2.75, 3.05) is 7.11 Å². The van der Waals surface area contributed by atoms with Crippen molar-refractivity contribution in [2.24, 2.45) is 5.41 Å². The highest BCUT2D eigenvalue weighted by Crippen LogP contribution is 2.53. The van der Waals surface area contributed by atoms with Gasteiger partial charge in [0.05, 0.1) is 7.11 Å². The van der Waals surface area contributed by atoms with Gasteiger partial charge < -0.3 is 4.74 Å². The first-order valence-corrected chi connectivity index (χ1v) is 5.98. The van der Waals surface area contributed by atoms with Crippen LogP contribution in [-0.4, -0.2) is 12.5 Å². The molecular formula is C13H16ClFO. The Morgan fingerprint density at radius 2 is 2.19 bits per heavy atom. The van der Waals surface area contributed by atoms with Gasteiger partial charge in [-0.3, -0.25) is 0 Å². The van der Waals surface area contributed by atoms with Gasteiger partial charge in [0.25, 0.3) is 0 Å². The maximum atomic E-state index is 13.9. The van der Waals surface area contributed by atoms with E-state index in [1.165, 1.54) is 7.11 Å². The average molecular weight is 243 g/mol. The number of hydrogen-bond donors (Lipinski definition) is 0. The van der Waals surface area contributed by atoms with Crippen molar-refractivity contribution >= 4 is 11.6 Å². The van der Waals surface area contributed by atoms with E-state index in [2.05, 4.69) is 0 Å². The van der Waals surface area contributed by atoms with Crippen molar-refractivity contribution in [1.29, 1.82) is 0 Å². The first-order valence-electron chi connectivity index (χ1n) is 5.54. The Bertz CT molecular complexity index is 386. The fourth-order valence-corrected chi connectivity index (χ4v) is 2.40. The van der Waals surface area contributed by atoms with Crippen molar-refractivity contribution < 1.29 is 9.13 Å². The Balaban J connectivity index is 2.22. The standard InChI is InChI=1S/C13H16ClFO/c1-9(14)13(6-7-13)8-10-4-3-5-11(16-2)12(10)15/h3-5,9H,6-8H2,1-2H3. The third-order valence-electron chi connectivity index (χ3n) is 3.54. The van der Waals surface area contributed by atoms with Crippen molar-refractivity contribution in [2.45, 2.75) is 31.6 Å². The first-order chi connectivity index (χ1) is 7.59. The normalized spacial score (nSPS) is 19.2. The van der Waals surface area contributed by atoms with Crippen LogP contribution in [-0.2, 0) is 6.42 Å². The SMILES string of the molecule is COc1cccc(CC2(C(C)Cl)CC2)c1F. The molecule has 0 N–H and O–H groups in total. The fourth-order valence-electron chi connectivity index (χ4n) is 2.11. The number of ether oxygens (including phenoxy) is 1. The van der Waals surface area contributed by atoms with Gasteiger partial charge in [-0.2, -0.15) is 0 Å². The largest absolute Gasteiger partial charge is 0.494 e. The fraction of sp³-hybridized carbons (Fsp3) is 0.538. The highest BCUT2D eigenvalue weighted by atomic mass is 35.5. The molecule has 0 aliphatic heterocycles. The molecule has 88 valence electrons. The number of benzene rings is 1. The molecule has 1 saturated carbocycles. The van der Waals surface area contributed by atoms with E-state index >= 15 is 0 Å². The molecule has 0 heterocycles. The van der Waals surface area contributed by atoms with Crippen LogP contribution in [0.3, 0.4) is 0 Å². The molecule has 3 heteroatoms. The summed E-state index contributed by atoms with van der Waals surface area (Å²) in [6.45, 7) is 1.99. The van der Waals surface area contributed by atoms with Crippen LogP contribution in [0, 0.1) is 11.2 Å². The van der Waals surface area contributed by atoms with Gasteiger partial charge in [-0.15, -0.1) is 11.6 Å². The maximum absolute atomic E-state index is 13.9. The molecule has 0 saturated heterocycles. The predicted octanol–water partition coefficient (Wildman–Crippen LogP) is 3.78. The van der Waals surface area contributed by atoms with Gasteiger partial charge >= 0.3 is 0 Å². The van der Waals surface area contributed by atoms with Crippen LogP contribution in [0.25, 0.3) is 0 Å². The van der Waals surface area contributed by atoms with E-state index in [0.29, 0.717) is 17.7 Å².